The second-order valence-corrected chi connectivity index (χ2v) is 4.81. The van der Waals surface area contributed by atoms with Crippen LogP contribution in [0.2, 0.25) is 10.0 Å². The summed E-state index contributed by atoms with van der Waals surface area (Å²) in [6.07, 6.45) is 2.79. The SMILES string of the molecule is CC(C(=O)O)N(C)C(=O)C=Cc1ccc(Cl)cc1Cl. The van der Waals surface area contributed by atoms with Crippen LogP contribution in [-0.4, -0.2) is 35.0 Å². The molecule has 1 atom stereocenters. The van der Waals surface area contributed by atoms with Crippen LogP contribution in [-0.2, 0) is 9.59 Å². The quantitative estimate of drug-likeness (QED) is 0.870. The van der Waals surface area contributed by atoms with Crippen LogP contribution in [0, 0.1) is 0 Å². The largest absolute Gasteiger partial charge is 0.480 e. The highest BCUT2D eigenvalue weighted by Crippen LogP contribution is 2.22. The van der Waals surface area contributed by atoms with Crippen molar-refractivity contribution in [1.82, 2.24) is 4.90 Å². The number of halogens is 2. The second-order valence-electron chi connectivity index (χ2n) is 3.96. The number of carbonyl (C=O) groups excluding carboxylic acids is 1. The lowest BCUT2D eigenvalue weighted by Gasteiger charge is -2.19. The molecule has 19 heavy (non-hydrogen) atoms. The van der Waals surface area contributed by atoms with Crippen LogP contribution < -0.4 is 0 Å². The highest BCUT2D eigenvalue weighted by Gasteiger charge is 2.19. The van der Waals surface area contributed by atoms with E-state index in [1.165, 1.54) is 26.1 Å². The molecule has 0 aliphatic heterocycles. The first-order chi connectivity index (χ1) is 8.82. The average molecular weight is 302 g/mol. The molecule has 4 nitrogen and oxygen atoms in total. The fourth-order valence-corrected chi connectivity index (χ4v) is 1.74. The van der Waals surface area contributed by atoms with Crippen LogP contribution in [0.5, 0.6) is 0 Å². The Morgan fingerprint density at radius 2 is 2.00 bits per heavy atom. The Bertz CT molecular complexity index is 529. The highest BCUT2D eigenvalue weighted by atomic mass is 35.5. The van der Waals surface area contributed by atoms with Gasteiger partial charge in [-0.1, -0.05) is 29.3 Å². The summed E-state index contributed by atoms with van der Waals surface area (Å²) in [6.45, 7) is 1.43. The predicted octanol–water partition coefficient (Wildman–Crippen LogP) is 2.94. The van der Waals surface area contributed by atoms with Gasteiger partial charge in [-0.25, -0.2) is 4.79 Å². The maximum Gasteiger partial charge on any atom is 0.326 e. The summed E-state index contributed by atoms with van der Waals surface area (Å²) < 4.78 is 0. The van der Waals surface area contributed by atoms with E-state index in [4.69, 9.17) is 28.3 Å². The van der Waals surface area contributed by atoms with Crippen molar-refractivity contribution in [3.8, 4) is 0 Å². The van der Waals surface area contributed by atoms with Gasteiger partial charge in [0.2, 0.25) is 5.91 Å². The van der Waals surface area contributed by atoms with Crippen LogP contribution in [0.15, 0.2) is 24.3 Å². The Balaban J connectivity index is 2.81. The van der Waals surface area contributed by atoms with Crippen molar-refractivity contribution >= 4 is 41.2 Å². The average Bonchev–Trinajstić information content (AvgIpc) is 2.35. The fourth-order valence-electron chi connectivity index (χ4n) is 1.27. The standard InChI is InChI=1S/C13H13Cl2NO3/c1-8(13(18)19)16(2)12(17)6-4-9-3-5-10(14)7-11(9)15/h3-8H,1-2H3,(H,18,19). The summed E-state index contributed by atoms with van der Waals surface area (Å²) >= 11 is 11.7. The van der Waals surface area contributed by atoms with E-state index >= 15 is 0 Å². The molecule has 0 heterocycles. The number of nitrogens with zero attached hydrogens (tertiary/aromatic N) is 1. The van der Waals surface area contributed by atoms with Crippen molar-refractivity contribution in [3.05, 3.63) is 39.9 Å². The summed E-state index contributed by atoms with van der Waals surface area (Å²) in [5.74, 6) is -1.48. The van der Waals surface area contributed by atoms with Gasteiger partial charge in [0.05, 0.1) is 0 Å². The number of hydrogen-bond donors (Lipinski definition) is 1. The van der Waals surface area contributed by atoms with E-state index in [0.29, 0.717) is 15.6 Å². The van der Waals surface area contributed by atoms with Crippen molar-refractivity contribution in [2.24, 2.45) is 0 Å². The van der Waals surface area contributed by atoms with Gasteiger partial charge in [0, 0.05) is 23.2 Å². The van der Waals surface area contributed by atoms with E-state index < -0.39 is 17.9 Å². The molecule has 102 valence electrons. The molecule has 1 N–H and O–H groups in total. The van der Waals surface area contributed by atoms with Gasteiger partial charge < -0.3 is 10.0 Å². The molecule has 1 amide bonds. The molecule has 1 unspecified atom stereocenters. The molecule has 0 saturated heterocycles. The fraction of sp³-hybridized carbons (Fsp3) is 0.231. The summed E-state index contributed by atoms with van der Waals surface area (Å²) in [6, 6.07) is 4.01. The summed E-state index contributed by atoms with van der Waals surface area (Å²) in [4.78, 5) is 23.6. The molecule has 0 bridgehead atoms. The zero-order chi connectivity index (χ0) is 14.6. The molecular formula is C13H13Cl2NO3. The molecule has 0 radical (unpaired) electrons. The molecular weight excluding hydrogens is 289 g/mol. The van der Waals surface area contributed by atoms with E-state index in [1.54, 1.807) is 18.2 Å². The molecule has 0 aromatic heterocycles. The van der Waals surface area contributed by atoms with E-state index in [0.717, 1.165) is 4.90 Å². The first-order valence-electron chi connectivity index (χ1n) is 5.45. The second kappa shape index (κ2) is 6.59. The van der Waals surface area contributed by atoms with Gasteiger partial charge in [0.25, 0.3) is 0 Å². The predicted molar refractivity (Wildman–Crippen MR) is 75.4 cm³/mol. The first kappa shape index (κ1) is 15.5. The van der Waals surface area contributed by atoms with Crippen LogP contribution in [0.25, 0.3) is 6.08 Å². The zero-order valence-electron chi connectivity index (χ0n) is 10.4. The van der Waals surface area contributed by atoms with Crippen LogP contribution in [0.1, 0.15) is 12.5 Å². The minimum Gasteiger partial charge on any atom is -0.480 e. The minimum atomic E-state index is -1.06. The lowest BCUT2D eigenvalue weighted by atomic mass is 10.2. The van der Waals surface area contributed by atoms with Crippen LogP contribution >= 0.6 is 23.2 Å². The van der Waals surface area contributed by atoms with Gasteiger partial charge in [-0.15, -0.1) is 0 Å². The number of benzene rings is 1. The maximum absolute atomic E-state index is 11.7. The zero-order valence-corrected chi connectivity index (χ0v) is 11.9. The van der Waals surface area contributed by atoms with Gasteiger partial charge in [-0.2, -0.15) is 0 Å². The molecule has 6 heteroatoms. The Morgan fingerprint density at radius 3 is 2.53 bits per heavy atom. The number of rotatable bonds is 4. The summed E-state index contributed by atoms with van der Waals surface area (Å²) in [5.41, 5.74) is 0.635. The minimum absolute atomic E-state index is 0.416. The van der Waals surface area contributed by atoms with Gasteiger partial charge in [-0.05, 0) is 30.7 Å². The maximum atomic E-state index is 11.7. The third-order valence-corrected chi connectivity index (χ3v) is 3.22. The number of amides is 1. The molecule has 1 aromatic rings. The van der Waals surface area contributed by atoms with Crippen molar-refractivity contribution in [2.75, 3.05) is 7.05 Å². The van der Waals surface area contributed by atoms with Gasteiger partial charge >= 0.3 is 5.97 Å². The van der Waals surface area contributed by atoms with Gasteiger partial charge in [-0.3, -0.25) is 4.79 Å². The Hall–Kier alpha value is -1.52. The molecule has 0 aliphatic carbocycles. The third kappa shape index (κ3) is 4.26. The lowest BCUT2D eigenvalue weighted by molar-refractivity contribution is -0.146. The first-order valence-corrected chi connectivity index (χ1v) is 6.21. The van der Waals surface area contributed by atoms with Crippen molar-refractivity contribution in [3.63, 3.8) is 0 Å². The summed E-state index contributed by atoms with van der Waals surface area (Å²) in [7, 11) is 1.43. The van der Waals surface area contributed by atoms with Crippen molar-refractivity contribution < 1.29 is 14.7 Å². The lowest BCUT2D eigenvalue weighted by Crippen LogP contribution is -2.39. The molecule has 0 spiro atoms. The number of likely N-dealkylation sites (N-methyl/N-ethyl adjacent to an activating group) is 1. The van der Waals surface area contributed by atoms with E-state index in [1.807, 2.05) is 0 Å². The third-order valence-electron chi connectivity index (χ3n) is 2.65. The number of carboxylic acid groups (broad SMARTS) is 1. The normalized spacial score (nSPS) is 12.4. The summed E-state index contributed by atoms with van der Waals surface area (Å²) in [5, 5.41) is 9.73. The van der Waals surface area contributed by atoms with E-state index in [-0.39, 0.29) is 0 Å². The van der Waals surface area contributed by atoms with Crippen molar-refractivity contribution in [2.45, 2.75) is 13.0 Å². The van der Waals surface area contributed by atoms with Crippen molar-refractivity contribution in [1.29, 1.82) is 0 Å². The number of carboxylic acids is 1. The Morgan fingerprint density at radius 1 is 1.37 bits per heavy atom. The highest BCUT2D eigenvalue weighted by molar-refractivity contribution is 6.35. The number of carbonyl (C=O) groups is 2. The van der Waals surface area contributed by atoms with E-state index in [9.17, 15) is 9.59 Å². The number of aliphatic carboxylic acids is 1. The number of hydrogen-bond acceptors (Lipinski definition) is 2. The molecule has 0 fully saturated rings. The Labute approximate surface area is 121 Å². The topological polar surface area (TPSA) is 57.6 Å². The van der Waals surface area contributed by atoms with E-state index in [2.05, 4.69) is 0 Å². The smallest absolute Gasteiger partial charge is 0.326 e. The van der Waals surface area contributed by atoms with Crippen LogP contribution in [0.3, 0.4) is 0 Å². The molecule has 0 aliphatic rings. The Kier molecular flexibility index (Phi) is 5.39. The van der Waals surface area contributed by atoms with Gasteiger partial charge in [0.15, 0.2) is 0 Å². The molecule has 1 rings (SSSR count). The monoisotopic (exact) mass is 301 g/mol. The molecule has 1 aromatic carbocycles. The van der Waals surface area contributed by atoms with Gasteiger partial charge in [0.1, 0.15) is 6.04 Å². The van der Waals surface area contributed by atoms with Crippen LogP contribution in [0.4, 0.5) is 0 Å². The molecule has 0 saturated carbocycles.